The third-order valence-corrected chi connectivity index (χ3v) is 5.65. The molecule has 0 bridgehead atoms. The summed E-state index contributed by atoms with van der Waals surface area (Å²) in [5.74, 6) is 0.300. The number of aromatic nitrogens is 1. The zero-order valence-corrected chi connectivity index (χ0v) is 18.6. The van der Waals surface area contributed by atoms with E-state index in [2.05, 4.69) is 34.4 Å². The van der Waals surface area contributed by atoms with Gasteiger partial charge in [0, 0.05) is 12.7 Å². The number of rotatable bonds is 11. The van der Waals surface area contributed by atoms with Crippen molar-refractivity contribution in [3.05, 3.63) is 48.2 Å². The summed E-state index contributed by atoms with van der Waals surface area (Å²) in [6.45, 7) is 8.51. The van der Waals surface area contributed by atoms with Crippen molar-refractivity contribution in [3.8, 4) is 0 Å². The number of fused-ring (bicyclic) bond motifs is 2. The van der Waals surface area contributed by atoms with Gasteiger partial charge in [0.25, 0.3) is 5.91 Å². The molecule has 0 saturated heterocycles. The monoisotopic (exact) mass is 423 g/mol. The van der Waals surface area contributed by atoms with Crippen molar-refractivity contribution in [1.29, 1.82) is 0 Å². The van der Waals surface area contributed by atoms with Crippen molar-refractivity contribution in [1.82, 2.24) is 15.2 Å². The minimum absolute atomic E-state index is 0.0797. The number of para-hydroxylation sites is 1. The van der Waals surface area contributed by atoms with Gasteiger partial charge in [0.15, 0.2) is 5.82 Å². The fourth-order valence-electron chi connectivity index (χ4n) is 3.86. The van der Waals surface area contributed by atoms with E-state index in [1.54, 1.807) is 24.4 Å². The number of hydrogen-bond donors (Lipinski definition) is 2. The Morgan fingerprint density at radius 2 is 1.84 bits per heavy atom. The highest BCUT2D eigenvalue weighted by atomic mass is 16.2. The van der Waals surface area contributed by atoms with E-state index in [4.69, 9.17) is 0 Å². The summed E-state index contributed by atoms with van der Waals surface area (Å²) in [6, 6.07) is 10.9. The van der Waals surface area contributed by atoms with Crippen LogP contribution in [0, 0.1) is 0 Å². The third-order valence-electron chi connectivity index (χ3n) is 5.65. The highest BCUT2D eigenvalue weighted by molar-refractivity contribution is 6.12. The average molecular weight is 424 g/mol. The van der Waals surface area contributed by atoms with E-state index in [0.29, 0.717) is 29.3 Å². The van der Waals surface area contributed by atoms with Crippen LogP contribution in [0.15, 0.2) is 42.6 Å². The van der Waals surface area contributed by atoms with E-state index in [1.807, 2.05) is 23.1 Å². The van der Waals surface area contributed by atoms with Gasteiger partial charge < -0.3 is 20.4 Å². The summed E-state index contributed by atoms with van der Waals surface area (Å²) in [7, 11) is 0. The summed E-state index contributed by atoms with van der Waals surface area (Å²) in [5, 5.41) is 5.91. The van der Waals surface area contributed by atoms with Gasteiger partial charge in [-0.1, -0.05) is 38.8 Å². The lowest BCUT2D eigenvalue weighted by Gasteiger charge is -2.24. The number of amides is 2. The first-order valence-corrected chi connectivity index (χ1v) is 11.3. The molecule has 0 aliphatic carbocycles. The van der Waals surface area contributed by atoms with Crippen LogP contribution in [-0.2, 0) is 4.79 Å². The SMILES string of the molecule is CCN(CC)CCCCCCNC(=O)CN1c2ccccc2C(=O)Nc2cccnc21. The van der Waals surface area contributed by atoms with Gasteiger partial charge in [-0.05, 0) is 56.7 Å². The lowest BCUT2D eigenvalue weighted by molar-refractivity contribution is -0.119. The Balaban J connectivity index is 1.54. The van der Waals surface area contributed by atoms with Crippen LogP contribution in [0.2, 0.25) is 0 Å². The number of benzene rings is 1. The van der Waals surface area contributed by atoms with Gasteiger partial charge in [-0.2, -0.15) is 0 Å². The first-order chi connectivity index (χ1) is 15.1. The van der Waals surface area contributed by atoms with Crippen LogP contribution in [0.4, 0.5) is 17.2 Å². The molecule has 31 heavy (non-hydrogen) atoms. The molecule has 3 rings (SSSR count). The van der Waals surface area contributed by atoms with Crippen molar-refractivity contribution in [3.63, 3.8) is 0 Å². The molecule has 0 radical (unpaired) electrons. The second-order valence-corrected chi connectivity index (χ2v) is 7.72. The highest BCUT2D eigenvalue weighted by Gasteiger charge is 2.27. The molecule has 2 amide bonds. The first-order valence-electron chi connectivity index (χ1n) is 11.3. The molecule has 0 spiro atoms. The number of carbonyl (C=O) groups is 2. The maximum Gasteiger partial charge on any atom is 0.257 e. The molecule has 0 unspecified atom stereocenters. The third kappa shape index (κ3) is 6.04. The molecule has 1 aliphatic rings. The zero-order valence-electron chi connectivity index (χ0n) is 18.6. The van der Waals surface area contributed by atoms with Gasteiger partial charge in [0.1, 0.15) is 6.54 Å². The molecule has 166 valence electrons. The Morgan fingerprint density at radius 1 is 1.06 bits per heavy atom. The average Bonchev–Trinajstić information content (AvgIpc) is 2.91. The number of pyridine rings is 1. The van der Waals surface area contributed by atoms with Crippen molar-refractivity contribution < 1.29 is 9.59 Å². The lowest BCUT2D eigenvalue weighted by atomic mass is 10.1. The fraction of sp³-hybridized carbons (Fsp3) is 0.458. The fourth-order valence-corrected chi connectivity index (χ4v) is 3.86. The van der Waals surface area contributed by atoms with Gasteiger partial charge in [0.05, 0.1) is 16.9 Å². The van der Waals surface area contributed by atoms with Crippen molar-refractivity contribution in [2.45, 2.75) is 39.5 Å². The van der Waals surface area contributed by atoms with E-state index in [0.717, 1.165) is 32.5 Å². The van der Waals surface area contributed by atoms with Crippen molar-refractivity contribution in [2.75, 3.05) is 42.9 Å². The Hall–Kier alpha value is -2.93. The van der Waals surface area contributed by atoms with E-state index < -0.39 is 0 Å². The van der Waals surface area contributed by atoms with E-state index in [1.165, 1.54) is 12.8 Å². The van der Waals surface area contributed by atoms with Crippen LogP contribution < -0.4 is 15.5 Å². The molecule has 2 heterocycles. The quantitative estimate of drug-likeness (QED) is 0.538. The van der Waals surface area contributed by atoms with Crippen LogP contribution in [0.3, 0.4) is 0 Å². The Bertz CT molecular complexity index is 882. The molecule has 0 atom stereocenters. The molecule has 0 saturated carbocycles. The highest BCUT2D eigenvalue weighted by Crippen LogP contribution is 2.35. The Morgan fingerprint density at radius 3 is 2.65 bits per heavy atom. The van der Waals surface area contributed by atoms with E-state index in [9.17, 15) is 9.59 Å². The van der Waals surface area contributed by atoms with Gasteiger partial charge in [0.2, 0.25) is 5.91 Å². The molecule has 0 fully saturated rings. The molecule has 1 aromatic carbocycles. The summed E-state index contributed by atoms with van der Waals surface area (Å²) >= 11 is 0. The number of carbonyl (C=O) groups excluding carboxylic acids is 2. The molecule has 1 aliphatic heterocycles. The first kappa shape index (κ1) is 22.7. The Labute approximate surface area is 184 Å². The second kappa shape index (κ2) is 11.5. The number of nitrogens with zero attached hydrogens (tertiary/aromatic N) is 3. The lowest BCUT2D eigenvalue weighted by Crippen LogP contribution is -2.36. The largest absolute Gasteiger partial charge is 0.355 e. The summed E-state index contributed by atoms with van der Waals surface area (Å²) < 4.78 is 0. The van der Waals surface area contributed by atoms with Crippen LogP contribution in [-0.4, -0.2) is 54.4 Å². The van der Waals surface area contributed by atoms with Gasteiger partial charge in [-0.3, -0.25) is 9.59 Å². The van der Waals surface area contributed by atoms with Crippen LogP contribution in [0.5, 0.6) is 0 Å². The normalized spacial score (nSPS) is 12.7. The Kier molecular flexibility index (Phi) is 8.41. The molecule has 1 aromatic heterocycles. The maximum atomic E-state index is 12.7. The summed E-state index contributed by atoms with van der Waals surface area (Å²) in [5.41, 5.74) is 1.82. The standard InChI is InChI=1S/C24H33N5O2/c1-3-28(4-2)17-10-6-5-9-15-25-22(30)18-29-21-14-8-7-12-19(21)24(31)27-20-13-11-16-26-23(20)29/h7-8,11-14,16H,3-6,9-10,15,17-18H2,1-2H3,(H,25,30)(H,27,31). The number of anilines is 3. The summed E-state index contributed by atoms with van der Waals surface area (Å²) in [4.78, 5) is 34.0. The molecular weight excluding hydrogens is 390 g/mol. The predicted molar refractivity (Wildman–Crippen MR) is 125 cm³/mol. The van der Waals surface area contributed by atoms with Crippen LogP contribution in [0.25, 0.3) is 0 Å². The smallest absolute Gasteiger partial charge is 0.257 e. The minimum Gasteiger partial charge on any atom is -0.355 e. The van der Waals surface area contributed by atoms with Crippen LogP contribution >= 0.6 is 0 Å². The maximum absolute atomic E-state index is 12.7. The topological polar surface area (TPSA) is 77.6 Å². The van der Waals surface area contributed by atoms with E-state index >= 15 is 0 Å². The van der Waals surface area contributed by atoms with Crippen molar-refractivity contribution >= 4 is 29.0 Å². The van der Waals surface area contributed by atoms with Gasteiger partial charge in [-0.25, -0.2) is 4.98 Å². The van der Waals surface area contributed by atoms with Crippen molar-refractivity contribution in [2.24, 2.45) is 0 Å². The predicted octanol–water partition coefficient (Wildman–Crippen LogP) is 3.80. The molecule has 7 nitrogen and oxygen atoms in total. The number of unbranched alkanes of at least 4 members (excludes halogenated alkanes) is 3. The number of hydrogen-bond acceptors (Lipinski definition) is 5. The molecule has 2 aromatic rings. The molecular formula is C24H33N5O2. The van der Waals surface area contributed by atoms with Crippen LogP contribution in [0.1, 0.15) is 49.9 Å². The molecule has 7 heteroatoms. The second-order valence-electron chi connectivity index (χ2n) is 7.72. The zero-order chi connectivity index (χ0) is 22.1. The summed E-state index contributed by atoms with van der Waals surface area (Å²) in [6.07, 6.45) is 6.12. The number of nitrogens with one attached hydrogen (secondary N) is 2. The van der Waals surface area contributed by atoms with Gasteiger partial charge >= 0.3 is 0 Å². The minimum atomic E-state index is -0.197. The molecule has 2 N–H and O–H groups in total. The van der Waals surface area contributed by atoms with E-state index in [-0.39, 0.29) is 18.4 Å². The van der Waals surface area contributed by atoms with Gasteiger partial charge in [-0.15, -0.1) is 0 Å².